The molecule has 0 saturated carbocycles. The van der Waals surface area contributed by atoms with Gasteiger partial charge < -0.3 is 19.5 Å². The van der Waals surface area contributed by atoms with Gasteiger partial charge in [0.2, 0.25) is 0 Å². The predicted octanol–water partition coefficient (Wildman–Crippen LogP) is 5.28. The summed E-state index contributed by atoms with van der Waals surface area (Å²) >= 11 is 0. The summed E-state index contributed by atoms with van der Waals surface area (Å²) in [5, 5.41) is 9.48. The summed E-state index contributed by atoms with van der Waals surface area (Å²) in [6, 6.07) is 18.9. The van der Waals surface area contributed by atoms with Crippen molar-refractivity contribution in [2.75, 3.05) is 6.54 Å². The molecule has 1 aliphatic rings. The van der Waals surface area contributed by atoms with Gasteiger partial charge in [0.15, 0.2) is 0 Å². The number of aliphatic carboxylic acids is 1. The van der Waals surface area contributed by atoms with Crippen LogP contribution in [0.5, 0.6) is 11.5 Å². The molecule has 188 valence electrons. The lowest BCUT2D eigenvalue weighted by Gasteiger charge is -2.24. The summed E-state index contributed by atoms with van der Waals surface area (Å²) < 4.78 is 25.3. The van der Waals surface area contributed by atoms with E-state index in [0.717, 1.165) is 16.7 Å². The van der Waals surface area contributed by atoms with E-state index in [4.69, 9.17) is 9.47 Å². The first kappa shape index (κ1) is 25.2. The Hall–Kier alpha value is -3.87. The van der Waals surface area contributed by atoms with Crippen molar-refractivity contribution in [2.45, 2.75) is 51.9 Å². The molecule has 0 radical (unpaired) electrons. The summed E-state index contributed by atoms with van der Waals surface area (Å²) in [5.41, 5.74) is 2.43. The average molecular weight is 492 g/mol. The first-order valence-corrected chi connectivity index (χ1v) is 11.9. The third-order valence-corrected chi connectivity index (χ3v) is 6.03. The van der Waals surface area contributed by atoms with E-state index in [-0.39, 0.29) is 24.4 Å². The number of halogens is 1. The molecule has 0 aliphatic carbocycles. The van der Waals surface area contributed by atoms with Crippen molar-refractivity contribution in [1.29, 1.82) is 0 Å². The zero-order valence-corrected chi connectivity index (χ0v) is 20.7. The van der Waals surface area contributed by atoms with Crippen LogP contribution in [0.3, 0.4) is 0 Å². The highest BCUT2D eigenvalue weighted by molar-refractivity contribution is 5.96. The van der Waals surface area contributed by atoms with Gasteiger partial charge in [-0.05, 0) is 68.3 Å². The van der Waals surface area contributed by atoms with E-state index >= 15 is 0 Å². The van der Waals surface area contributed by atoms with Crippen molar-refractivity contribution < 1.29 is 28.6 Å². The molecule has 1 N–H and O–H groups in total. The monoisotopic (exact) mass is 491 g/mol. The number of amides is 1. The molecule has 3 aromatic rings. The molecule has 0 bridgehead atoms. The number of rotatable bonds is 9. The molecule has 3 aromatic carbocycles. The van der Waals surface area contributed by atoms with Gasteiger partial charge in [-0.3, -0.25) is 9.59 Å². The van der Waals surface area contributed by atoms with E-state index in [2.05, 4.69) is 0 Å². The van der Waals surface area contributed by atoms with Gasteiger partial charge in [-0.2, -0.15) is 0 Å². The highest BCUT2D eigenvalue weighted by Crippen LogP contribution is 2.38. The normalized spacial score (nSPS) is 16.4. The fourth-order valence-electron chi connectivity index (χ4n) is 4.54. The second kappa shape index (κ2) is 10.4. The van der Waals surface area contributed by atoms with Gasteiger partial charge in [0, 0.05) is 24.0 Å². The van der Waals surface area contributed by atoms with Gasteiger partial charge in [-0.15, -0.1) is 0 Å². The number of hydrogen-bond acceptors (Lipinski definition) is 4. The van der Waals surface area contributed by atoms with Crippen LogP contribution < -0.4 is 9.47 Å². The second-order valence-electron chi connectivity index (χ2n) is 9.68. The lowest BCUT2D eigenvalue weighted by molar-refractivity contribution is -0.137. The quantitative estimate of drug-likeness (QED) is 0.441. The van der Waals surface area contributed by atoms with Crippen molar-refractivity contribution in [3.05, 3.63) is 94.8 Å². The van der Waals surface area contributed by atoms with Crippen LogP contribution in [0.25, 0.3) is 0 Å². The minimum Gasteiger partial charge on any atom is -0.491 e. The number of carbonyl (C=O) groups is 2. The summed E-state index contributed by atoms with van der Waals surface area (Å²) in [6.45, 7) is 5.47. The van der Waals surface area contributed by atoms with Crippen molar-refractivity contribution in [1.82, 2.24) is 4.90 Å². The zero-order valence-electron chi connectivity index (χ0n) is 20.7. The SMILES string of the molecule is CC(C)Oc1ccccc1CN(CC(=O)O)C(=O)c1ccc2c(c1)CC(C)(Cc1ccc(F)cc1)O2. The third kappa shape index (κ3) is 6.03. The molecular weight excluding hydrogens is 461 g/mol. The molecule has 0 saturated heterocycles. The minimum atomic E-state index is -1.10. The standard InChI is InChI=1S/C29H30FNO5/c1-19(2)35-25-7-5-4-6-22(25)17-31(18-27(32)33)28(34)21-10-13-26-23(14-21)16-29(3,36-26)15-20-8-11-24(30)12-9-20/h4-14,19H,15-18H2,1-3H3,(H,32,33). The predicted molar refractivity (Wildman–Crippen MR) is 134 cm³/mol. The van der Waals surface area contributed by atoms with Gasteiger partial charge in [-0.1, -0.05) is 30.3 Å². The molecule has 0 spiro atoms. The summed E-state index contributed by atoms with van der Waals surface area (Å²) in [6.07, 6.45) is 1.10. The van der Waals surface area contributed by atoms with Crippen LogP contribution in [0.2, 0.25) is 0 Å². The molecule has 1 heterocycles. The molecule has 0 fully saturated rings. The van der Waals surface area contributed by atoms with E-state index in [9.17, 15) is 19.1 Å². The van der Waals surface area contributed by atoms with Crippen LogP contribution in [0.15, 0.2) is 66.7 Å². The highest BCUT2D eigenvalue weighted by Gasteiger charge is 2.35. The molecule has 1 atom stereocenters. The minimum absolute atomic E-state index is 0.0595. The number of carboxylic acids is 1. The Morgan fingerprint density at radius 2 is 1.83 bits per heavy atom. The van der Waals surface area contributed by atoms with E-state index in [1.165, 1.54) is 17.0 Å². The largest absolute Gasteiger partial charge is 0.491 e. The van der Waals surface area contributed by atoms with Crippen molar-refractivity contribution >= 4 is 11.9 Å². The molecule has 1 amide bonds. The van der Waals surface area contributed by atoms with Crippen LogP contribution in [0.1, 0.15) is 47.8 Å². The first-order chi connectivity index (χ1) is 17.1. The van der Waals surface area contributed by atoms with E-state index in [1.54, 1.807) is 30.3 Å². The van der Waals surface area contributed by atoms with Crippen molar-refractivity contribution in [3.63, 3.8) is 0 Å². The first-order valence-electron chi connectivity index (χ1n) is 11.9. The number of carboxylic acid groups (broad SMARTS) is 1. The van der Waals surface area contributed by atoms with Crippen LogP contribution in [-0.4, -0.2) is 40.1 Å². The molecule has 7 heteroatoms. The smallest absolute Gasteiger partial charge is 0.323 e. The molecule has 0 aromatic heterocycles. The maximum atomic E-state index is 13.4. The second-order valence-corrected chi connectivity index (χ2v) is 9.68. The van der Waals surface area contributed by atoms with E-state index in [1.807, 2.05) is 45.0 Å². The van der Waals surface area contributed by atoms with Crippen LogP contribution >= 0.6 is 0 Å². The van der Waals surface area contributed by atoms with Gasteiger partial charge >= 0.3 is 5.97 Å². The fraction of sp³-hybridized carbons (Fsp3) is 0.310. The number of ether oxygens (including phenoxy) is 2. The van der Waals surface area contributed by atoms with Crippen LogP contribution in [0, 0.1) is 5.82 Å². The maximum Gasteiger partial charge on any atom is 0.323 e. The van der Waals surface area contributed by atoms with Gasteiger partial charge in [0.05, 0.1) is 12.6 Å². The van der Waals surface area contributed by atoms with E-state index < -0.39 is 18.1 Å². The van der Waals surface area contributed by atoms with Crippen LogP contribution in [-0.2, 0) is 24.2 Å². The molecule has 6 nitrogen and oxygen atoms in total. The average Bonchev–Trinajstić information content (AvgIpc) is 3.15. The number of nitrogens with zero attached hydrogens (tertiary/aromatic N) is 1. The third-order valence-electron chi connectivity index (χ3n) is 6.03. The Kier molecular flexibility index (Phi) is 7.29. The molecular formula is C29H30FNO5. The van der Waals surface area contributed by atoms with Gasteiger partial charge in [0.1, 0.15) is 29.5 Å². The topological polar surface area (TPSA) is 76.1 Å². The Balaban J connectivity index is 1.54. The lowest BCUT2D eigenvalue weighted by atomic mass is 9.91. The Labute approximate surface area is 210 Å². The fourth-order valence-corrected chi connectivity index (χ4v) is 4.54. The Morgan fingerprint density at radius 3 is 2.53 bits per heavy atom. The molecule has 1 aliphatic heterocycles. The number of benzene rings is 3. The van der Waals surface area contributed by atoms with E-state index in [0.29, 0.717) is 29.9 Å². The molecule has 4 rings (SSSR count). The number of fused-ring (bicyclic) bond motifs is 1. The summed E-state index contributed by atoms with van der Waals surface area (Å²) in [4.78, 5) is 26.4. The number of carbonyl (C=O) groups excluding carboxylic acids is 1. The highest BCUT2D eigenvalue weighted by atomic mass is 19.1. The van der Waals surface area contributed by atoms with Gasteiger partial charge in [0.25, 0.3) is 5.91 Å². The van der Waals surface area contributed by atoms with Crippen molar-refractivity contribution in [3.8, 4) is 11.5 Å². The molecule has 1 unspecified atom stereocenters. The maximum absolute atomic E-state index is 13.4. The van der Waals surface area contributed by atoms with Crippen molar-refractivity contribution in [2.24, 2.45) is 0 Å². The summed E-state index contributed by atoms with van der Waals surface area (Å²) in [5.74, 6) is -0.452. The Bertz CT molecular complexity index is 1260. The van der Waals surface area contributed by atoms with Crippen LogP contribution in [0.4, 0.5) is 4.39 Å². The number of para-hydroxylation sites is 1. The lowest BCUT2D eigenvalue weighted by Crippen LogP contribution is -2.35. The summed E-state index contributed by atoms with van der Waals surface area (Å²) in [7, 11) is 0. The zero-order chi connectivity index (χ0) is 25.9. The Morgan fingerprint density at radius 1 is 1.11 bits per heavy atom. The van der Waals surface area contributed by atoms with Gasteiger partial charge in [-0.25, -0.2) is 4.39 Å². The number of hydrogen-bond donors (Lipinski definition) is 1. The molecule has 36 heavy (non-hydrogen) atoms.